The normalized spacial score (nSPS) is 12.9. The molecule has 0 aliphatic heterocycles. The van der Waals surface area contributed by atoms with Gasteiger partial charge in [0.05, 0.1) is 10.4 Å². The lowest BCUT2D eigenvalue weighted by Crippen LogP contribution is -2.07. The Hall–Kier alpha value is -1.66. The minimum atomic E-state index is -0.231. The molecular formula is C12H11Cl2N5O. The van der Waals surface area contributed by atoms with Crippen LogP contribution in [0.25, 0.3) is 11.2 Å². The fourth-order valence-electron chi connectivity index (χ4n) is 2.04. The molecule has 6 nitrogen and oxygen atoms in total. The molecule has 0 radical (unpaired) electrons. The third-order valence-electron chi connectivity index (χ3n) is 2.89. The number of rotatable bonds is 4. The average Bonchev–Trinajstić information content (AvgIpc) is 3.02. The quantitative estimate of drug-likeness (QED) is 0.693. The lowest BCUT2D eigenvalue weighted by Gasteiger charge is -2.08. The van der Waals surface area contributed by atoms with Crippen LogP contribution in [0.2, 0.25) is 5.02 Å². The van der Waals surface area contributed by atoms with Crippen molar-refractivity contribution < 1.29 is 4.52 Å². The molecule has 0 aliphatic rings. The van der Waals surface area contributed by atoms with Gasteiger partial charge in [-0.1, -0.05) is 16.8 Å². The summed E-state index contributed by atoms with van der Waals surface area (Å²) < 4.78 is 6.95. The number of fused-ring (bicyclic) bond motifs is 1. The Morgan fingerprint density at radius 2 is 2.25 bits per heavy atom. The van der Waals surface area contributed by atoms with Crippen LogP contribution in [-0.4, -0.2) is 24.7 Å². The van der Waals surface area contributed by atoms with Gasteiger partial charge in [-0.15, -0.1) is 11.6 Å². The second kappa shape index (κ2) is 5.38. The summed E-state index contributed by atoms with van der Waals surface area (Å²) in [5.74, 6) is 1.31. The number of hydrogen-bond acceptors (Lipinski definition) is 5. The van der Waals surface area contributed by atoms with E-state index in [4.69, 9.17) is 27.7 Å². The van der Waals surface area contributed by atoms with Crippen LogP contribution in [0.5, 0.6) is 0 Å². The second-order valence-electron chi connectivity index (χ2n) is 4.32. The molecule has 0 spiro atoms. The highest BCUT2D eigenvalue weighted by molar-refractivity contribution is 6.31. The van der Waals surface area contributed by atoms with Crippen LogP contribution in [-0.2, 0) is 13.0 Å². The zero-order valence-corrected chi connectivity index (χ0v) is 12.1. The van der Waals surface area contributed by atoms with E-state index in [-0.39, 0.29) is 5.38 Å². The Balaban J connectivity index is 2.00. The van der Waals surface area contributed by atoms with Crippen molar-refractivity contribution in [2.45, 2.75) is 25.3 Å². The van der Waals surface area contributed by atoms with Crippen molar-refractivity contribution in [1.82, 2.24) is 24.7 Å². The van der Waals surface area contributed by atoms with E-state index in [1.165, 1.54) is 6.33 Å². The Kier molecular flexibility index (Phi) is 3.58. The standard InChI is InChI=1S/C12H11Cl2N5O/c1-7(13)11-18-9-4-8(14)5-15-12(9)19(11)3-2-10-16-6-17-20-10/h4-7H,2-3H2,1H3. The molecule has 3 heterocycles. The average molecular weight is 312 g/mol. The van der Waals surface area contributed by atoms with Gasteiger partial charge in [-0.25, -0.2) is 9.97 Å². The van der Waals surface area contributed by atoms with Crippen LogP contribution < -0.4 is 0 Å². The second-order valence-corrected chi connectivity index (χ2v) is 5.41. The molecule has 0 fully saturated rings. The van der Waals surface area contributed by atoms with Crippen molar-refractivity contribution in [1.29, 1.82) is 0 Å². The summed E-state index contributed by atoms with van der Waals surface area (Å²) in [5.41, 5.74) is 1.47. The summed E-state index contributed by atoms with van der Waals surface area (Å²) in [4.78, 5) is 12.8. The topological polar surface area (TPSA) is 69.6 Å². The molecule has 0 saturated carbocycles. The first-order valence-electron chi connectivity index (χ1n) is 6.06. The Morgan fingerprint density at radius 3 is 2.95 bits per heavy atom. The van der Waals surface area contributed by atoms with Crippen LogP contribution in [0.3, 0.4) is 0 Å². The van der Waals surface area contributed by atoms with E-state index in [1.807, 2.05) is 11.5 Å². The Labute approximate surface area is 124 Å². The number of halogens is 2. The lowest BCUT2D eigenvalue weighted by molar-refractivity contribution is 0.370. The third kappa shape index (κ3) is 2.48. The van der Waals surface area contributed by atoms with E-state index in [0.717, 1.165) is 17.0 Å². The summed E-state index contributed by atoms with van der Waals surface area (Å²) in [7, 11) is 0. The first-order valence-corrected chi connectivity index (χ1v) is 6.88. The van der Waals surface area contributed by atoms with Crippen molar-refractivity contribution in [3.63, 3.8) is 0 Å². The highest BCUT2D eigenvalue weighted by Gasteiger charge is 2.16. The van der Waals surface area contributed by atoms with Gasteiger partial charge in [0.15, 0.2) is 12.0 Å². The number of aromatic nitrogens is 5. The Bertz CT molecular complexity index is 723. The molecular weight excluding hydrogens is 301 g/mol. The molecule has 0 aliphatic carbocycles. The number of alkyl halides is 1. The first kappa shape index (κ1) is 13.3. The molecule has 3 aromatic rings. The van der Waals surface area contributed by atoms with Crippen molar-refractivity contribution in [3.05, 3.63) is 35.3 Å². The van der Waals surface area contributed by atoms with Gasteiger partial charge in [0.25, 0.3) is 0 Å². The molecule has 1 atom stereocenters. The van der Waals surface area contributed by atoms with Gasteiger partial charge in [-0.2, -0.15) is 4.98 Å². The zero-order valence-electron chi connectivity index (χ0n) is 10.6. The van der Waals surface area contributed by atoms with Crippen LogP contribution in [0.15, 0.2) is 23.1 Å². The molecule has 1 unspecified atom stereocenters. The van der Waals surface area contributed by atoms with Crippen molar-refractivity contribution >= 4 is 34.4 Å². The molecule has 0 aromatic carbocycles. The van der Waals surface area contributed by atoms with Crippen molar-refractivity contribution in [3.8, 4) is 0 Å². The summed E-state index contributed by atoms with van der Waals surface area (Å²) in [6.07, 6.45) is 3.56. The van der Waals surface area contributed by atoms with E-state index >= 15 is 0 Å². The molecule has 0 N–H and O–H groups in total. The van der Waals surface area contributed by atoms with E-state index in [1.54, 1.807) is 12.3 Å². The summed E-state index contributed by atoms with van der Waals surface area (Å²) in [6.45, 7) is 2.48. The summed E-state index contributed by atoms with van der Waals surface area (Å²) in [6, 6.07) is 1.77. The molecule has 0 saturated heterocycles. The van der Waals surface area contributed by atoms with Gasteiger partial charge < -0.3 is 9.09 Å². The smallest absolute Gasteiger partial charge is 0.228 e. The van der Waals surface area contributed by atoms with E-state index < -0.39 is 0 Å². The first-order chi connectivity index (χ1) is 9.65. The zero-order chi connectivity index (χ0) is 14.1. The minimum Gasteiger partial charge on any atom is -0.340 e. The van der Waals surface area contributed by atoms with E-state index in [9.17, 15) is 0 Å². The molecule has 20 heavy (non-hydrogen) atoms. The van der Waals surface area contributed by atoms with Crippen LogP contribution in [0.1, 0.15) is 24.0 Å². The molecule has 8 heteroatoms. The van der Waals surface area contributed by atoms with E-state index in [2.05, 4.69) is 20.1 Å². The molecule has 3 rings (SSSR count). The third-order valence-corrected chi connectivity index (χ3v) is 3.29. The maximum absolute atomic E-state index is 6.18. The van der Waals surface area contributed by atoms with Gasteiger partial charge >= 0.3 is 0 Å². The number of pyridine rings is 1. The van der Waals surface area contributed by atoms with Gasteiger partial charge in [-0.05, 0) is 13.0 Å². The number of aryl methyl sites for hydroxylation is 2. The van der Waals surface area contributed by atoms with Crippen LogP contribution >= 0.6 is 23.2 Å². The number of nitrogens with zero attached hydrogens (tertiary/aromatic N) is 5. The highest BCUT2D eigenvalue weighted by Crippen LogP contribution is 2.25. The maximum atomic E-state index is 6.18. The number of imidazole rings is 1. The lowest BCUT2D eigenvalue weighted by atomic mass is 10.3. The SMILES string of the molecule is CC(Cl)c1nc2cc(Cl)cnc2n1CCc1ncno1. The monoisotopic (exact) mass is 311 g/mol. The van der Waals surface area contributed by atoms with Crippen LogP contribution in [0, 0.1) is 0 Å². The van der Waals surface area contributed by atoms with Gasteiger partial charge in [0.2, 0.25) is 5.89 Å². The molecule has 104 valence electrons. The molecule has 0 amide bonds. The van der Waals surface area contributed by atoms with Gasteiger partial charge in [0.1, 0.15) is 11.3 Å². The molecule has 3 aromatic heterocycles. The maximum Gasteiger partial charge on any atom is 0.228 e. The Morgan fingerprint density at radius 1 is 1.40 bits per heavy atom. The van der Waals surface area contributed by atoms with Crippen molar-refractivity contribution in [2.24, 2.45) is 0 Å². The van der Waals surface area contributed by atoms with E-state index in [0.29, 0.717) is 23.9 Å². The summed E-state index contributed by atoms with van der Waals surface area (Å²) >= 11 is 12.1. The largest absolute Gasteiger partial charge is 0.340 e. The van der Waals surface area contributed by atoms with Crippen molar-refractivity contribution in [2.75, 3.05) is 0 Å². The van der Waals surface area contributed by atoms with Crippen LogP contribution in [0.4, 0.5) is 0 Å². The van der Waals surface area contributed by atoms with Gasteiger partial charge in [0, 0.05) is 19.2 Å². The van der Waals surface area contributed by atoms with Gasteiger partial charge in [-0.3, -0.25) is 0 Å². The highest BCUT2D eigenvalue weighted by atomic mass is 35.5. The number of hydrogen-bond donors (Lipinski definition) is 0. The fraction of sp³-hybridized carbons (Fsp3) is 0.333. The predicted octanol–water partition coefficient (Wildman–Crippen LogP) is 3.01. The molecule has 0 bridgehead atoms. The minimum absolute atomic E-state index is 0.231. The fourth-order valence-corrected chi connectivity index (χ4v) is 2.36. The summed E-state index contributed by atoms with van der Waals surface area (Å²) in [5, 5.41) is 3.90. The predicted molar refractivity (Wildman–Crippen MR) is 74.8 cm³/mol.